The van der Waals surface area contributed by atoms with Crippen LogP contribution >= 0.6 is 11.3 Å². The smallest absolute Gasteiger partial charge is 0.260 e. The number of nitrogens with two attached hydrogens (primary N) is 1. The van der Waals surface area contributed by atoms with Crippen LogP contribution in [-0.2, 0) is 23.0 Å². The molecule has 0 aliphatic heterocycles. The first-order valence-electron chi connectivity index (χ1n) is 6.18. The van der Waals surface area contributed by atoms with Crippen LogP contribution < -0.4 is 5.73 Å². The van der Waals surface area contributed by atoms with Gasteiger partial charge in [-0.25, -0.2) is 13.4 Å². The predicted octanol–water partition coefficient (Wildman–Crippen LogP) is 1.47. The minimum atomic E-state index is -3.53. The molecule has 0 aromatic carbocycles. The first kappa shape index (κ1) is 15.1. The van der Waals surface area contributed by atoms with E-state index in [2.05, 4.69) is 4.98 Å². The molecule has 5 nitrogen and oxygen atoms in total. The normalized spacial score (nSPS) is 11.9. The van der Waals surface area contributed by atoms with Gasteiger partial charge in [0.1, 0.15) is 0 Å². The molecule has 2 N–H and O–H groups in total. The van der Waals surface area contributed by atoms with Gasteiger partial charge in [-0.3, -0.25) is 0 Å². The lowest BCUT2D eigenvalue weighted by Gasteiger charge is -2.16. The second-order valence-corrected chi connectivity index (χ2v) is 7.39. The van der Waals surface area contributed by atoms with Crippen LogP contribution in [-0.4, -0.2) is 31.3 Å². The van der Waals surface area contributed by atoms with Crippen LogP contribution in [0.1, 0.15) is 10.4 Å². The van der Waals surface area contributed by atoms with Gasteiger partial charge in [-0.05, 0) is 29.5 Å². The number of sulfonamides is 1. The van der Waals surface area contributed by atoms with Crippen LogP contribution in [0.15, 0.2) is 40.9 Å². The summed E-state index contributed by atoms with van der Waals surface area (Å²) >= 11 is 1.63. The molecule has 0 spiro atoms. The fourth-order valence-electron chi connectivity index (χ4n) is 1.69. The maximum Gasteiger partial charge on any atom is 0.260 e. The molecule has 20 heavy (non-hydrogen) atoms. The Balaban J connectivity index is 2.07. The molecule has 0 aliphatic rings. The summed E-state index contributed by atoms with van der Waals surface area (Å²) in [6.07, 6.45) is 2.20. The van der Waals surface area contributed by atoms with E-state index in [1.54, 1.807) is 24.5 Å². The van der Waals surface area contributed by atoms with Crippen LogP contribution in [0.25, 0.3) is 0 Å². The molecule has 0 amide bonds. The highest BCUT2D eigenvalue weighted by molar-refractivity contribution is 7.89. The van der Waals surface area contributed by atoms with Gasteiger partial charge in [-0.1, -0.05) is 12.1 Å². The topological polar surface area (TPSA) is 76.3 Å². The van der Waals surface area contributed by atoms with Crippen LogP contribution in [0, 0.1) is 0 Å². The molecule has 0 unspecified atom stereocenters. The second-order valence-electron chi connectivity index (χ2n) is 4.36. The van der Waals surface area contributed by atoms with Crippen LogP contribution in [0.4, 0.5) is 0 Å². The lowest BCUT2D eigenvalue weighted by molar-refractivity contribution is 0.470. The van der Waals surface area contributed by atoms with Crippen molar-refractivity contribution in [2.45, 2.75) is 18.0 Å². The van der Waals surface area contributed by atoms with Gasteiger partial charge in [0, 0.05) is 31.2 Å². The Morgan fingerprint density at radius 2 is 2.15 bits per heavy atom. The molecular weight excluding hydrogens is 294 g/mol. The van der Waals surface area contributed by atoms with E-state index in [0.29, 0.717) is 19.5 Å². The van der Waals surface area contributed by atoms with Gasteiger partial charge < -0.3 is 5.73 Å². The summed E-state index contributed by atoms with van der Waals surface area (Å²) in [4.78, 5) is 5.15. The van der Waals surface area contributed by atoms with Gasteiger partial charge in [0.05, 0.1) is 0 Å². The third-order valence-corrected chi connectivity index (χ3v) is 5.67. The number of hydrogen-bond acceptors (Lipinski definition) is 5. The quantitative estimate of drug-likeness (QED) is 0.876. The lowest BCUT2D eigenvalue weighted by atomic mass is 10.3. The maximum absolute atomic E-state index is 12.3. The largest absolute Gasteiger partial charge is 0.326 e. The Bertz CT molecular complexity index is 637. The average molecular weight is 311 g/mol. The van der Waals surface area contributed by atoms with Crippen molar-refractivity contribution in [1.29, 1.82) is 0 Å². The molecule has 2 heterocycles. The van der Waals surface area contributed by atoms with E-state index in [4.69, 9.17) is 5.73 Å². The van der Waals surface area contributed by atoms with Gasteiger partial charge in [0.15, 0.2) is 5.03 Å². The number of rotatable bonds is 6. The summed E-state index contributed by atoms with van der Waals surface area (Å²) in [6.45, 7) is 0.782. The summed E-state index contributed by atoms with van der Waals surface area (Å²) in [6, 6.07) is 7.15. The highest BCUT2D eigenvalue weighted by Crippen LogP contribution is 2.14. The standard InChI is InChI=1S/C13H17N3O2S2/c1-16(7-6-12-3-2-8-19-12)20(17,18)13-5-4-11(9-14)10-15-13/h2-5,8,10H,6-7,9,14H2,1H3. The van der Waals surface area contributed by atoms with E-state index in [1.165, 1.54) is 21.4 Å². The summed E-state index contributed by atoms with van der Waals surface area (Å²) < 4.78 is 26.0. The van der Waals surface area contributed by atoms with E-state index >= 15 is 0 Å². The van der Waals surface area contributed by atoms with Gasteiger partial charge in [0.25, 0.3) is 10.0 Å². The number of hydrogen-bond donors (Lipinski definition) is 1. The molecule has 0 aliphatic carbocycles. The van der Waals surface area contributed by atoms with Crippen LogP contribution in [0.3, 0.4) is 0 Å². The van der Waals surface area contributed by atoms with Crippen molar-refractivity contribution in [3.8, 4) is 0 Å². The summed E-state index contributed by atoms with van der Waals surface area (Å²) in [5.41, 5.74) is 6.28. The zero-order chi connectivity index (χ0) is 14.6. The number of aromatic nitrogens is 1. The Morgan fingerprint density at radius 3 is 2.70 bits per heavy atom. The monoisotopic (exact) mass is 311 g/mol. The van der Waals surface area contributed by atoms with Gasteiger partial charge in [-0.2, -0.15) is 4.31 Å². The van der Waals surface area contributed by atoms with E-state index in [9.17, 15) is 8.42 Å². The Labute approximate surface area is 123 Å². The van der Waals surface area contributed by atoms with Crippen molar-refractivity contribution in [3.63, 3.8) is 0 Å². The van der Waals surface area contributed by atoms with Crippen molar-refractivity contribution in [2.24, 2.45) is 5.73 Å². The van der Waals surface area contributed by atoms with Crippen molar-refractivity contribution in [2.75, 3.05) is 13.6 Å². The summed E-state index contributed by atoms with van der Waals surface area (Å²) in [5.74, 6) is 0. The van der Waals surface area contributed by atoms with Gasteiger partial charge >= 0.3 is 0 Å². The second kappa shape index (κ2) is 6.45. The van der Waals surface area contributed by atoms with Crippen LogP contribution in [0.5, 0.6) is 0 Å². The highest BCUT2D eigenvalue weighted by atomic mass is 32.2. The summed E-state index contributed by atoms with van der Waals surface area (Å²) in [5, 5.41) is 2.04. The van der Waals surface area contributed by atoms with Crippen molar-refractivity contribution < 1.29 is 8.42 Å². The molecule has 2 aromatic rings. The molecule has 108 valence electrons. The Kier molecular flexibility index (Phi) is 4.87. The molecule has 0 bridgehead atoms. The highest BCUT2D eigenvalue weighted by Gasteiger charge is 2.21. The van der Waals surface area contributed by atoms with Crippen LogP contribution in [0.2, 0.25) is 0 Å². The van der Waals surface area contributed by atoms with Gasteiger partial charge in [0.2, 0.25) is 0 Å². The number of pyridine rings is 1. The summed E-state index contributed by atoms with van der Waals surface area (Å²) in [7, 11) is -1.96. The third kappa shape index (κ3) is 3.43. The predicted molar refractivity (Wildman–Crippen MR) is 80.0 cm³/mol. The minimum Gasteiger partial charge on any atom is -0.326 e. The first-order valence-corrected chi connectivity index (χ1v) is 8.49. The molecule has 0 fully saturated rings. The van der Waals surface area contributed by atoms with E-state index in [1.807, 2.05) is 17.5 Å². The molecule has 0 atom stereocenters. The third-order valence-electron chi connectivity index (χ3n) is 2.96. The number of likely N-dealkylation sites (N-methyl/N-ethyl adjacent to an activating group) is 1. The zero-order valence-electron chi connectivity index (χ0n) is 11.2. The molecule has 2 rings (SSSR count). The van der Waals surface area contributed by atoms with E-state index in [-0.39, 0.29) is 5.03 Å². The fraction of sp³-hybridized carbons (Fsp3) is 0.308. The van der Waals surface area contributed by atoms with Crippen molar-refractivity contribution >= 4 is 21.4 Å². The average Bonchev–Trinajstić information content (AvgIpc) is 2.98. The van der Waals surface area contributed by atoms with Gasteiger partial charge in [-0.15, -0.1) is 11.3 Å². The van der Waals surface area contributed by atoms with E-state index in [0.717, 1.165) is 5.56 Å². The van der Waals surface area contributed by atoms with E-state index < -0.39 is 10.0 Å². The Hall–Kier alpha value is -1.28. The number of thiophene rings is 1. The molecule has 2 aromatic heterocycles. The maximum atomic E-state index is 12.3. The molecular formula is C13H17N3O2S2. The fourth-order valence-corrected chi connectivity index (χ4v) is 3.46. The zero-order valence-corrected chi connectivity index (χ0v) is 12.8. The SMILES string of the molecule is CN(CCc1cccs1)S(=O)(=O)c1ccc(CN)cn1. The number of nitrogens with zero attached hydrogens (tertiary/aromatic N) is 2. The molecule has 0 saturated heterocycles. The lowest BCUT2D eigenvalue weighted by Crippen LogP contribution is -2.29. The Morgan fingerprint density at radius 1 is 1.35 bits per heavy atom. The van der Waals surface area contributed by atoms with Crippen molar-refractivity contribution in [1.82, 2.24) is 9.29 Å². The van der Waals surface area contributed by atoms with Crippen molar-refractivity contribution in [3.05, 3.63) is 46.3 Å². The molecule has 0 saturated carbocycles. The molecule has 0 radical (unpaired) electrons. The molecule has 7 heteroatoms. The first-order chi connectivity index (χ1) is 9.54. The minimum absolute atomic E-state index is 0.0587.